The predicted octanol–water partition coefficient (Wildman–Crippen LogP) is 3.54. The number of fused-ring (bicyclic) bond motifs is 3. The Hall–Kier alpha value is -2.24. The maximum absolute atomic E-state index is 15.0. The lowest BCUT2D eigenvalue weighted by Crippen LogP contribution is -2.55. The van der Waals surface area contributed by atoms with E-state index in [2.05, 4.69) is 0 Å². The van der Waals surface area contributed by atoms with Crippen molar-refractivity contribution in [2.45, 2.75) is 47.9 Å². The molecule has 0 radical (unpaired) electrons. The largest absolute Gasteiger partial charge is 0.435 e. The highest BCUT2D eigenvalue weighted by Crippen LogP contribution is 2.56. The summed E-state index contributed by atoms with van der Waals surface area (Å²) in [6.45, 7) is 0.960. The molecule has 1 N–H and O–H groups in total. The van der Waals surface area contributed by atoms with E-state index < -0.39 is 51.2 Å². The number of carbonyl (C=O) groups is 1. The van der Waals surface area contributed by atoms with Crippen molar-refractivity contribution in [1.82, 2.24) is 9.21 Å². The number of benzene rings is 2. The Morgan fingerprint density at radius 3 is 2.44 bits per heavy atom. The van der Waals surface area contributed by atoms with Gasteiger partial charge < -0.3 is 19.5 Å². The molecule has 3 fully saturated rings. The molecule has 192 valence electrons. The zero-order chi connectivity index (χ0) is 25.2. The van der Waals surface area contributed by atoms with Crippen molar-refractivity contribution in [3.63, 3.8) is 0 Å². The topological polar surface area (TPSA) is 79.3 Å². The van der Waals surface area contributed by atoms with Crippen molar-refractivity contribution in [3.05, 3.63) is 64.7 Å². The molecule has 1 amide bonds. The number of hydrogen-bond donors (Lipinski definition) is 1. The number of halogens is 3. The summed E-state index contributed by atoms with van der Waals surface area (Å²) in [6, 6.07) is 8.54. The fourth-order valence-electron chi connectivity index (χ4n) is 5.63. The minimum Gasteiger partial charge on any atom is -0.435 e. The monoisotopic (exact) mass is 538 g/mol. The molecule has 0 spiro atoms. The van der Waals surface area contributed by atoms with Gasteiger partial charge in [0.1, 0.15) is 11.6 Å². The van der Waals surface area contributed by atoms with Crippen molar-refractivity contribution in [2.24, 2.45) is 0 Å². The zero-order valence-corrected chi connectivity index (χ0v) is 20.8. The van der Waals surface area contributed by atoms with Gasteiger partial charge in [-0.1, -0.05) is 11.6 Å². The van der Waals surface area contributed by atoms with E-state index in [4.69, 9.17) is 21.1 Å². The third-order valence-electron chi connectivity index (χ3n) is 7.50. The molecule has 2 unspecified atom stereocenters. The van der Waals surface area contributed by atoms with Gasteiger partial charge in [-0.15, -0.1) is 0 Å². The molecule has 7 nitrogen and oxygen atoms in total. The Labute approximate surface area is 212 Å². The summed E-state index contributed by atoms with van der Waals surface area (Å²) in [4.78, 5) is 15.8. The Morgan fingerprint density at radius 2 is 1.78 bits per heavy atom. The molecule has 1 aliphatic carbocycles. The summed E-state index contributed by atoms with van der Waals surface area (Å²) in [5.74, 6) is -1.48. The Balaban J connectivity index is 1.43. The molecule has 3 heterocycles. The number of hydrogen-bond acceptors (Lipinski definition) is 5. The van der Waals surface area contributed by atoms with Gasteiger partial charge in [0.2, 0.25) is 0 Å². The Kier molecular flexibility index (Phi) is 5.80. The number of likely N-dealkylation sites (tertiary alicyclic amines) is 1. The fraction of sp³-hybridized carbons (Fsp3) is 0.440. The lowest BCUT2D eigenvalue weighted by Gasteiger charge is -2.43. The first kappa shape index (κ1) is 24.1. The smallest absolute Gasteiger partial charge is 0.410 e. The third-order valence-corrected chi connectivity index (χ3v) is 10.9. The second-order valence-corrected chi connectivity index (χ2v) is 12.6. The van der Waals surface area contributed by atoms with Crippen LogP contribution < -0.4 is 0 Å². The molecule has 0 bridgehead atoms. The SMILES string of the molecule is O=C(OC12CC1=S(=O)(c1ccc(Cl)cc1)N1[C@H](c3cc(F)cc(F)c3)COC[C@@H]12)N1CCC(O)CC1. The lowest BCUT2D eigenvalue weighted by atomic mass is 10.0. The van der Waals surface area contributed by atoms with E-state index in [1.807, 2.05) is 0 Å². The van der Waals surface area contributed by atoms with E-state index in [0.717, 1.165) is 6.07 Å². The van der Waals surface area contributed by atoms with E-state index in [1.54, 1.807) is 33.5 Å². The van der Waals surface area contributed by atoms with Crippen molar-refractivity contribution in [3.8, 4) is 0 Å². The molecule has 3 aliphatic heterocycles. The van der Waals surface area contributed by atoms with Gasteiger partial charge in [0, 0.05) is 35.5 Å². The van der Waals surface area contributed by atoms with Gasteiger partial charge in [0.25, 0.3) is 0 Å². The molecular weight excluding hydrogens is 514 g/mol. The first-order valence-electron chi connectivity index (χ1n) is 11.9. The van der Waals surface area contributed by atoms with E-state index in [0.29, 0.717) is 52.7 Å². The second kappa shape index (κ2) is 8.66. The summed E-state index contributed by atoms with van der Waals surface area (Å²) in [7, 11) is -3.09. The van der Waals surface area contributed by atoms with Crippen LogP contribution in [0.15, 0.2) is 47.4 Å². The fourth-order valence-corrected chi connectivity index (χ4v) is 9.23. The van der Waals surface area contributed by atoms with Gasteiger partial charge in [-0.05, 0) is 54.8 Å². The van der Waals surface area contributed by atoms with Crippen LogP contribution in [0.3, 0.4) is 0 Å². The molecular formula is C25H25ClF2N2O5S. The van der Waals surface area contributed by atoms with Crippen LogP contribution in [-0.4, -0.2) is 73.5 Å². The van der Waals surface area contributed by atoms with E-state index in [9.17, 15) is 22.9 Å². The van der Waals surface area contributed by atoms with Gasteiger partial charge >= 0.3 is 6.09 Å². The maximum Gasteiger partial charge on any atom is 0.410 e. The number of amides is 1. The van der Waals surface area contributed by atoms with Crippen LogP contribution in [0, 0.1) is 11.6 Å². The molecule has 2 saturated heterocycles. The van der Waals surface area contributed by atoms with Gasteiger partial charge in [-0.2, -0.15) is 0 Å². The highest BCUT2D eigenvalue weighted by molar-refractivity contribution is 8.01. The normalized spacial score (nSPS) is 32.2. The minimum absolute atomic E-state index is 0.0747. The maximum atomic E-state index is 15.0. The highest BCUT2D eigenvalue weighted by atomic mass is 35.5. The number of nitrogens with zero attached hydrogens (tertiary/aromatic N) is 2. The van der Waals surface area contributed by atoms with Crippen LogP contribution in [-0.2, 0) is 19.2 Å². The number of ether oxygens (including phenoxy) is 2. The number of aliphatic hydroxyl groups excluding tert-OH is 1. The third kappa shape index (κ3) is 3.73. The highest BCUT2D eigenvalue weighted by Gasteiger charge is 2.72. The van der Waals surface area contributed by atoms with E-state index in [1.165, 1.54) is 12.1 Å². The van der Waals surface area contributed by atoms with Gasteiger partial charge in [-0.3, -0.25) is 0 Å². The number of piperidine rings is 1. The summed E-state index contributed by atoms with van der Waals surface area (Å²) in [6.07, 6.45) is 0.263. The lowest BCUT2D eigenvalue weighted by molar-refractivity contribution is -0.0608. The molecule has 0 aromatic heterocycles. The number of morpholine rings is 1. The summed E-state index contributed by atoms with van der Waals surface area (Å²) in [5.41, 5.74) is -0.832. The molecule has 6 rings (SSSR count). The predicted molar refractivity (Wildman–Crippen MR) is 129 cm³/mol. The van der Waals surface area contributed by atoms with Crippen molar-refractivity contribution in [2.75, 3.05) is 26.3 Å². The summed E-state index contributed by atoms with van der Waals surface area (Å²) in [5, 5.41) is 10.3. The molecule has 11 heteroatoms. The Bertz CT molecular complexity index is 1320. The van der Waals surface area contributed by atoms with E-state index in [-0.39, 0.29) is 13.2 Å². The van der Waals surface area contributed by atoms with Gasteiger partial charge in [0.15, 0.2) is 5.60 Å². The van der Waals surface area contributed by atoms with Crippen molar-refractivity contribution >= 4 is 32.3 Å². The number of aliphatic hydroxyl groups is 1. The standard InChI is InChI=1S/C25H25ClF2N2O5S/c26-16-1-3-20(4-2-16)36(33)23-12-25(23,35-24(32)29-7-5-19(31)6-8-29)22-14-34-13-21(30(22)36)15-9-17(27)11-18(28)10-15/h1-4,9-11,19,21-22,31H,5-8,12-14H2/t21-,22+,25?,36?/m0/s1. The second-order valence-electron chi connectivity index (χ2n) is 9.69. The summed E-state index contributed by atoms with van der Waals surface area (Å²) >= 11 is 6.09. The van der Waals surface area contributed by atoms with Crippen molar-refractivity contribution in [1.29, 1.82) is 0 Å². The zero-order valence-electron chi connectivity index (χ0n) is 19.2. The molecule has 4 atom stereocenters. The Morgan fingerprint density at radius 1 is 1.11 bits per heavy atom. The first-order valence-corrected chi connectivity index (χ1v) is 13.8. The van der Waals surface area contributed by atoms with Gasteiger partial charge in [-0.25, -0.2) is 22.1 Å². The first-order chi connectivity index (χ1) is 17.2. The van der Waals surface area contributed by atoms with Gasteiger partial charge in [0.05, 0.1) is 46.0 Å². The number of rotatable bonds is 3. The van der Waals surface area contributed by atoms with Crippen LogP contribution in [0.2, 0.25) is 5.02 Å². The van der Waals surface area contributed by atoms with Crippen LogP contribution >= 0.6 is 11.6 Å². The van der Waals surface area contributed by atoms with E-state index >= 15 is 0 Å². The molecule has 36 heavy (non-hydrogen) atoms. The van der Waals surface area contributed by atoms with Crippen molar-refractivity contribution < 1.29 is 32.4 Å². The average molecular weight is 539 g/mol. The number of carbonyl (C=O) groups excluding carboxylic acids is 1. The minimum atomic E-state index is -3.09. The molecule has 1 saturated carbocycles. The molecule has 2 aromatic rings. The average Bonchev–Trinajstić information content (AvgIpc) is 3.54. The molecule has 4 aliphatic rings. The quantitative estimate of drug-likeness (QED) is 0.605. The summed E-state index contributed by atoms with van der Waals surface area (Å²) < 4.78 is 57.0. The van der Waals surface area contributed by atoms with Crippen LogP contribution in [0.1, 0.15) is 30.9 Å². The van der Waals surface area contributed by atoms with Crippen LogP contribution in [0.4, 0.5) is 13.6 Å². The molecule has 2 aromatic carbocycles. The van der Waals surface area contributed by atoms with Crippen LogP contribution in [0.25, 0.3) is 0 Å². The van der Waals surface area contributed by atoms with Crippen LogP contribution in [0.5, 0.6) is 0 Å².